The minimum Gasteiger partial charge on any atom is -0.295 e. The number of hydrogen-bond acceptors (Lipinski definition) is 3. The molecular weight excluding hydrogens is 270 g/mol. The van der Waals surface area contributed by atoms with Gasteiger partial charge in [-0.3, -0.25) is 4.90 Å². The summed E-state index contributed by atoms with van der Waals surface area (Å²) in [6.45, 7) is 14.4. The van der Waals surface area contributed by atoms with Crippen LogP contribution in [-0.4, -0.2) is 41.9 Å². The van der Waals surface area contributed by atoms with Crippen molar-refractivity contribution in [1.82, 2.24) is 4.90 Å². The predicted molar refractivity (Wildman–Crippen MR) is 84.7 cm³/mol. The maximum Gasteiger partial charge on any atom is 0.156 e. The van der Waals surface area contributed by atoms with Gasteiger partial charge in [-0.15, -0.1) is 0 Å². The molecule has 2 aliphatic rings. The second-order valence-electron chi connectivity index (χ2n) is 8.81. The number of rotatable bonds is 0. The van der Waals surface area contributed by atoms with E-state index in [2.05, 4.69) is 46.4 Å². The highest BCUT2D eigenvalue weighted by Crippen LogP contribution is 2.48. The SMILES string of the molecule is CC(C)(C)C1CC2(CCCS2(=O)=O)CCN1C(C)(C)C. The summed E-state index contributed by atoms with van der Waals surface area (Å²) in [4.78, 5) is 2.53. The third-order valence-corrected chi connectivity index (χ3v) is 8.04. The van der Waals surface area contributed by atoms with Gasteiger partial charge < -0.3 is 0 Å². The van der Waals surface area contributed by atoms with Gasteiger partial charge in [0.15, 0.2) is 9.84 Å². The average molecular weight is 301 g/mol. The first kappa shape index (κ1) is 16.3. The van der Waals surface area contributed by atoms with Crippen LogP contribution in [-0.2, 0) is 9.84 Å². The maximum atomic E-state index is 12.5. The Labute approximate surface area is 125 Å². The molecule has 2 fully saturated rings. The van der Waals surface area contributed by atoms with Gasteiger partial charge in [-0.2, -0.15) is 0 Å². The topological polar surface area (TPSA) is 37.4 Å². The zero-order chi connectivity index (χ0) is 15.4. The Morgan fingerprint density at radius 1 is 1.05 bits per heavy atom. The van der Waals surface area contributed by atoms with Gasteiger partial charge in [0.1, 0.15) is 0 Å². The Morgan fingerprint density at radius 3 is 2.05 bits per heavy atom. The molecule has 0 N–H and O–H groups in total. The minimum atomic E-state index is -2.90. The third kappa shape index (κ3) is 2.66. The van der Waals surface area contributed by atoms with E-state index in [4.69, 9.17) is 0 Å². The molecule has 0 aromatic rings. The highest BCUT2D eigenvalue weighted by atomic mass is 32.2. The monoisotopic (exact) mass is 301 g/mol. The lowest BCUT2D eigenvalue weighted by molar-refractivity contribution is -0.0168. The molecule has 4 heteroatoms. The number of hydrogen-bond donors (Lipinski definition) is 0. The van der Waals surface area contributed by atoms with Crippen LogP contribution in [0.15, 0.2) is 0 Å². The van der Waals surface area contributed by atoms with E-state index in [1.165, 1.54) is 0 Å². The summed E-state index contributed by atoms with van der Waals surface area (Å²) in [6.07, 6.45) is 3.36. The molecule has 0 bridgehead atoms. The van der Waals surface area contributed by atoms with Crippen molar-refractivity contribution in [2.45, 2.75) is 83.6 Å². The van der Waals surface area contributed by atoms with Crippen molar-refractivity contribution in [3.63, 3.8) is 0 Å². The smallest absolute Gasteiger partial charge is 0.156 e. The van der Waals surface area contributed by atoms with Crippen molar-refractivity contribution >= 4 is 9.84 Å². The zero-order valence-corrected chi connectivity index (χ0v) is 14.8. The van der Waals surface area contributed by atoms with Gasteiger partial charge in [0.05, 0.1) is 10.5 Å². The molecule has 1 spiro atoms. The van der Waals surface area contributed by atoms with Crippen LogP contribution in [0.5, 0.6) is 0 Å². The van der Waals surface area contributed by atoms with Gasteiger partial charge >= 0.3 is 0 Å². The van der Waals surface area contributed by atoms with Crippen molar-refractivity contribution in [3.05, 3.63) is 0 Å². The molecule has 0 radical (unpaired) electrons. The first-order valence-electron chi connectivity index (χ1n) is 7.88. The summed E-state index contributed by atoms with van der Waals surface area (Å²) in [6, 6.07) is 0.337. The van der Waals surface area contributed by atoms with Gasteiger partial charge in [0.2, 0.25) is 0 Å². The van der Waals surface area contributed by atoms with E-state index < -0.39 is 14.6 Å². The Hall–Kier alpha value is -0.0900. The van der Waals surface area contributed by atoms with Crippen LogP contribution in [0.3, 0.4) is 0 Å². The Bertz CT molecular complexity index is 470. The zero-order valence-electron chi connectivity index (χ0n) is 14.0. The lowest BCUT2D eigenvalue weighted by atomic mass is 9.74. The second kappa shape index (κ2) is 4.70. The quantitative estimate of drug-likeness (QED) is 0.689. The summed E-state index contributed by atoms with van der Waals surface area (Å²) in [5.41, 5.74) is 0.209. The van der Waals surface area contributed by atoms with Crippen molar-refractivity contribution in [2.24, 2.45) is 5.41 Å². The molecule has 2 rings (SSSR count). The number of sulfone groups is 1. The fourth-order valence-corrected chi connectivity index (χ4v) is 6.31. The molecule has 2 saturated heterocycles. The Morgan fingerprint density at radius 2 is 1.65 bits per heavy atom. The van der Waals surface area contributed by atoms with E-state index in [1.54, 1.807) is 0 Å². The molecule has 0 aliphatic carbocycles. The van der Waals surface area contributed by atoms with E-state index in [9.17, 15) is 8.42 Å². The minimum absolute atomic E-state index is 0.0991. The summed E-state index contributed by atoms with van der Waals surface area (Å²) in [5.74, 6) is 0.402. The van der Waals surface area contributed by atoms with Crippen LogP contribution >= 0.6 is 0 Å². The molecule has 2 atom stereocenters. The van der Waals surface area contributed by atoms with E-state index >= 15 is 0 Å². The van der Waals surface area contributed by atoms with Crippen LogP contribution in [0.4, 0.5) is 0 Å². The molecule has 2 aliphatic heterocycles. The van der Waals surface area contributed by atoms with Crippen LogP contribution < -0.4 is 0 Å². The molecule has 0 aromatic carbocycles. The fourth-order valence-electron chi connectivity index (χ4n) is 4.09. The largest absolute Gasteiger partial charge is 0.295 e. The third-order valence-electron chi connectivity index (χ3n) is 5.32. The standard InChI is InChI=1S/C16H31NO2S/c1-14(2,3)13-12-16(8-7-11-20(16,18)19)9-10-17(13)15(4,5)6/h13H,7-12H2,1-6H3. The molecule has 2 unspecified atom stereocenters. The van der Waals surface area contributed by atoms with E-state index in [0.29, 0.717) is 11.8 Å². The molecule has 0 amide bonds. The predicted octanol–water partition coefficient (Wildman–Crippen LogP) is 3.24. The van der Waals surface area contributed by atoms with Gasteiger partial charge in [-0.25, -0.2) is 8.42 Å². The summed E-state index contributed by atoms with van der Waals surface area (Å²) >= 11 is 0. The summed E-state index contributed by atoms with van der Waals surface area (Å²) in [7, 11) is -2.90. The van der Waals surface area contributed by atoms with Gasteiger partial charge in [-0.1, -0.05) is 20.8 Å². The van der Waals surface area contributed by atoms with Crippen LogP contribution in [0, 0.1) is 5.41 Å². The molecule has 20 heavy (non-hydrogen) atoms. The van der Waals surface area contributed by atoms with Crippen molar-refractivity contribution in [1.29, 1.82) is 0 Å². The maximum absolute atomic E-state index is 12.5. The first-order valence-corrected chi connectivity index (χ1v) is 9.53. The van der Waals surface area contributed by atoms with Gasteiger partial charge in [0, 0.05) is 18.1 Å². The molecule has 0 saturated carbocycles. The number of likely N-dealkylation sites (tertiary alicyclic amines) is 1. The molecule has 118 valence electrons. The van der Waals surface area contributed by atoms with Crippen LogP contribution in [0.25, 0.3) is 0 Å². The fraction of sp³-hybridized carbons (Fsp3) is 1.00. The number of nitrogens with zero attached hydrogens (tertiary/aromatic N) is 1. The Balaban J connectivity index is 2.36. The summed E-state index contributed by atoms with van der Waals surface area (Å²) in [5, 5.41) is 0. The molecule has 0 aromatic heterocycles. The van der Waals surface area contributed by atoms with Crippen molar-refractivity contribution < 1.29 is 8.42 Å². The van der Waals surface area contributed by atoms with Crippen molar-refractivity contribution in [3.8, 4) is 0 Å². The van der Waals surface area contributed by atoms with Crippen LogP contribution in [0.2, 0.25) is 0 Å². The van der Waals surface area contributed by atoms with Gasteiger partial charge in [-0.05, 0) is 51.9 Å². The van der Waals surface area contributed by atoms with Gasteiger partial charge in [0.25, 0.3) is 0 Å². The van der Waals surface area contributed by atoms with E-state index in [1.807, 2.05) is 0 Å². The molecular formula is C16H31NO2S. The highest BCUT2D eigenvalue weighted by molar-refractivity contribution is 7.93. The summed E-state index contributed by atoms with van der Waals surface area (Å²) < 4.78 is 24.7. The van der Waals surface area contributed by atoms with E-state index in [-0.39, 0.29) is 11.0 Å². The highest BCUT2D eigenvalue weighted by Gasteiger charge is 2.54. The first-order chi connectivity index (χ1) is 8.89. The lowest BCUT2D eigenvalue weighted by Gasteiger charge is -2.54. The second-order valence-corrected chi connectivity index (χ2v) is 11.3. The van der Waals surface area contributed by atoms with Crippen LogP contribution in [0.1, 0.15) is 67.2 Å². The average Bonchev–Trinajstić information content (AvgIpc) is 2.51. The van der Waals surface area contributed by atoms with E-state index in [0.717, 1.165) is 32.2 Å². The molecule has 3 nitrogen and oxygen atoms in total. The lowest BCUT2D eigenvalue weighted by Crippen LogP contribution is -2.61. The Kier molecular flexibility index (Phi) is 3.83. The molecule has 2 heterocycles. The number of piperidine rings is 1. The van der Waals surface area contributed by atoms with Crippen molar-refractivity contribution in [2.75, 3.05) is 12.3 Å². The normalized spacial score (nSPS) is 35.6.